The minimum absolute atomic E-state index is 0.326. The Labute approximate surface area is 88.1 Å². The van der Waals surface area contributed by atoms with Gasteiger partial charge in [-0.05, 0) is 35.7 Å². The van der Waals surface area contributed by atoms with Crippen LogP contribution in [0.4, 0.5) is 0 Å². The first-order valence-electron chi connectivity index (χ1n) is 4.46. The third-order valence-electron chi connectivity index (χ3n) is 1.96. The number of nitrogens with zero attached hydrogens (tertiary/aromatic N) is 4. The van der Waals surface area contributed by atoms with Crippen molar-refractivity contribution in [3.63, 3.8) is 0 Å². The molecule has 0 atom stereocenters. The fourth-order valence-electron chi connectivity index (χ4n) is 1.15. The number of benzene rings is 1. The van der Waals surface area contributed by atoms with Gasteiger partial charge in [-0.1, -0.05) is 23.3 Å². The van der Waals surface area contributed by atoms with E-state index in [1.54, 1.807) is 12.1 Å². The van der Waals surface area contributed by atoms with Crippen LogP contribution < -0.4 is 0 Å². The molecule has 0 fully saturated rings. The van der Waals surface area contributed by atoms with Gasteiger partial charge in [-0.2, -0.15) is 5.26 Å². The molecule has 0 unspecified atom stereocenters. The number of nitriles is 1. The van der Waals surface area contributed by atoms with E-state index in [0.717, 1.165) is 11.1 Å². The molecule has 0 aliphatic rings. The summed E-state index contributed by atoms with van der Waals surface area (Å²) in [6, 6.07) is 7.56. The highest BCUT2D eigenvalue weighted by Gasteiger charge is 1.95. The van der Waals surface area contributed by atoms with Gasteiger partial charge in [-0.25, -0.2) is 0 Å². The van der Waals surface area contributed by atoms with E-state index >= 15 is 0 Å². The molecule has 1 aromatic carbocycles. The smallest absolute Gasteiger partial charge is 0.0991 e. The molecular formula is C11H10N4. The van der Waals surface area contributed by atoms with Crippen molar-refractivity contribution < 1.29 is 0 Å². The molecule has 0 heterocycles. The fourth-order valence-corrected chi connectivity index (χ4v) is 1.15. The van der Waals surface area contributed by atoms with Crippen molar-refractivity contribution in [1.82, 2.24) is 0 Å². The van der Waals surface area contributed by atoms with E-state index < -0.39 is 0 Å². The zero-order valence-corrected chi connectivity index (χ0v) is 8.38. The van der Waals surface area contributed by atoms with Crippen LogP contribution in [0.5, 0.6) is 0 Å². The first kappa shape index (κ1) is 10.8. The first-order valence-corrected chi connectivity index (χ1v) is 4.46. The largest absolute Gasteiger partial charge is 0.192 e. The third-order valence-corrected chi connectivity index (χ3v) is 1.96. The molecule has 15 heavy (non-hydrogen) atoms. The Morgan fingerprint density at radius 2 is 2.40 bits per heavy atom. The zero-order valence-electron chi connectivity index (χ0n) is 8.38. The maximum atomic E-state index is 8.72. The molecule has 0 aromatic heterocycles. The van der Waals surface area contributed by atoms with Gasteiger partial charge in [0.1, 0.15) is 0 Å². The van der Waals surface area contributed by atoms with Crippen molar-refractivity contribution in [2.24, 2.45) is 5.11 Å². The predicted octanol–water partition coefficient (Wildman–Crippen LogP) is 3.19. The van der Waals surface area contributed by atoms with E-state index in [-0.39, 0.29) is 0 Å². The van der Waals surface area contributed by atoms with Gasteiger partial charge in [0.2, 0.25) is 0 Å². The summed E-state index contributed by atoms with van der Waals surface area (Å²) in [5.74, 6) is 0. The van der Waals surface area contributed by atoms with E-state index in [1.165, 1.54) is 0 Å². The van der Waals surface area contributed by atoms with Crippen molar-refractivity contribution in [1.29, 1.82) is 5.26 Å². The van der Waals surface area contributed by atoms with E-state index in [1.807, 2.05) is 25.1 Å². The van der Waals surface area contributed by atoms with Gasteiger partial charge in [0.25, 0.3) is 0 Å². The third kappa shape index (κ3) is 3.18. The normalized spacial score (nSPS) is 9.60. The average molecular weight is 198 g/mol. The van der Waals surface area contributed by atoms with Crippen molar-refractivity contribution in [3.8, 4) is 6.07 Å². The minimum atomic E-state index is 0.326. The SMILES string of the molecule is Cc1ccc(C#N)cc1C=CCN=[N+]=[N-]. The summed E-state index contributed by atoms with van der Waals surface area (Å²) >= 11 is 0. The topological polar surface area (TPSA) is 72.5 Å². The monoisotopic (exact) mass is 198 g/mol. The van der Waals surface area contributed by atoms with Crippen LogP contribution in [0.3, 0.4) is 0 Å². The standard InChI is InChI=1S/C11H10N4/c1-9-4-5-10(8-12)7-11(9)3-2-6-14-15-13/h2-5,7H,6H2,1H3. The van der Waals surface area contributed by atoms with Crippen LogP contribution in [-0.4, -0.2) is 6.54 Å². The van der Waals surface area contributed by atoms with Crippen LogP contribution in [0.25, 0.3) is 16.5 Å². The van der Waals surface area contributed by atoms with Gasteiger partial charge in [0.05, 0.1) is 11.6 Å². The van der Waals surface area contributed by atoms with Crippen LogP contribution in [-0.2, 0) is 0 Å². The lowest BCUT2D eigenvalue weighted by atomic mass is 10.1. The Hall–Kier alpha value is -2.24. The van der Waals surface area contributed by atoms with Crippen molar-refractivity contribution in [2.75, 3.05) is 6.54 Å². The molecule has 0 spiro atoms. The Kier molecular flexibility index (Phi) is 3.96. The van der Waals surface area contributed by atoms with Gasteiger partial charge >= 0.3 is 0 Å². The maximum absolute atomic E-state index is 8.72. The molecule has 0 aliphatic carbocycles. The van der Waals surface area contributed by atoms with Gasteiger partial charge < -0.3 is 0 Å². The van der Waals surface area contributed by atoms with Gasteiger partial charge in [-0.3, -0.25) is 0 Å². The fraction of sp³-hybridized carbons (Fsp3) is 0.182. The van der Waals surface area contributed by atoms with Gasteiger partial charge in [0.15, 0.2) is 0 Å². The van der Waals surface area contributed by atoms with Gasteiger partial charge in [0, 0.05) is 11.5 Å². The second-order valence-corrected chi connectivity index (χ2v) is 3.00. The number of hydrogen-bond acceptors (Lipinski definition) is 2. The molecule has 0 saturated carbocycles. The molecule has 0 radical (unpaired) electrons. The molecule has 0 saturated heterocycles. The van der Waals surface area contributed by atoms with Crippen LogP contribution in [0, 0.1) is 18.3 Å². The summed E-state index contributed by atoms with van der Waals surface area (Å²) < 4.78 is 0. The minimum Gasteiger partial charge on any atom is -0.192 e. The highest BCUT2D eigenvalue weighted by atomic mass is 15.1. The van der Waals surface area contributed by atoms with Crippen LogP contribution >= 0.6 is 0 Å². The second kappa shape index (κ2) is 5.48. The Bertz CT molecular complexity index is 462. The first-order chi connectivity index (χ1) is 7.27. The van der Waals surface area contributed by atoms with Crippen LogP contribution in [0.15, 0.2) is 29.4 Å². The van der Waals surface area contributed by atoms with Crippen molar-refractivity contribution in [2.45, 2.75) is 6.92 Å². The summed E-state index contributed by atoms with van der Waals surface area (Å²) in [5.41, 5.74) is 10.8. The highest BCUT2D eigenvalue weighted by Crippen LogP contribution is 2.12. The number of azide groups is 1. The zero-order chi connectivity index (χ0) is 11.1. The van der Waals surface area contributed by atoms with E-state index in [4.69, 9.17) is 10.8 Å². The Morgan fingerprint density at radius 1 is 1.60 bits per heavy atom. The van der Waals surface area contributed by atoms with Crippen LogP contribution in [0.1, 0.15) is 16.7 Å². The summed E-state index contributed by atoms with van der Waals surface area (Å²) in [6.45, 7) is 2.29. The van der Waals surface area contributed by atoms with E-state index in [2.05, 4.69) is 16.1 Å². The lowest BCUT2D eigenvalue weighted by Crippen LogP contribution is -1.83. The molecule has 1 aromatic rings. The van der Waals surface area contributed by atoms with E-state index in [9.17, 15) is 0 Å². The summed E-state index contributed by atoms with van der Waals surface area (Å²) in [5, 5.41) is 12.1. The average Bonchev–Trinajstić information content (AvgIpc) is 2.26. The summed E-state index contributed by atoms with van der Waals surface area (Å²) in [6.07, 6.45) is 3.62. The molecule has 0 amide bonds. The van der Waals surface area contributed by atoms with Gasteiger partial charge in [-0.15, -0.1) is 0 Å². The van der Waals surface area contributed by atoms with Crippen LogP contribution in [0.2, 0.25) is 0 Å². The Balaban J connectivity index is 2.89. The molecule has 0 N–H and O–H groups in total. The molecule has 74 valence electrons. The number of hydrogen-bond donors (Lipinski definition) is 0. The molecule has 4 heteroatoms. The second-order valence-electron chi connectivity index (χ2n) is 3.00. The lowest BCUT2D eigenvalue weighted by molar-refractivity contribution is 1.22. The van der Waals surface area contributed by atoms with Crippen molar-refractivity contribution in [3.05, 3.63) is 51.4 Å². The molecule has 0 aliphatic heterocycles. The highest BCUT2D eigenvalue weighted by molar-refractivity contribution is 5.56. The quantitative estimate of drug-likeness (QED) is 0.417. The summed E-state index contributed by atoms with van der Waals surface area (Å²) in [7, 11) is 0. The van der Waals surface area contributed by atoms with E-state index in [0.29, 0.717) is 12.1 Å². The molecule has 1 rings (SSSR count). The predicted molar refractivity (Wildman–Crippen MR) is 58.9 cm³/mol. The molecule has 4 nitrogen and oxygen atoms in total. The molecule has 0 bridgehead atoms. The lowest BCUT2D eigenvalue weighted by Gasteiger charge is -1.99. The summed E-state index contributed by atoms with van der Waals surface area (Å²) in [4.78, 5) is 2.64. The number of aryl methyl sites for hydroxylation is 1. The van der Waals surface area contributed by atoms with Crippen molar-refractivity contribution >= 4 is 6.08 Å². The number of rotatable bonds is 3. The Morgan fingerprint density at radius 3 is 3.07 bits per heavy atom. The molecular weight excluding hydrogens is 188 g/mol. The maximum Gasteiger partial charge on any atom is 0.0991 e.